The first kappa shape index (κ1) is 7.84. The molecular weight excluding hydrogens is 110 g/mol. The fraction of sp³-hybridized carbons (Fsp3) is 1.00. The van der Waals surface area contributed by atoms with E-state index in [0.717, 1.165) is 7.05 Å². The summed E-state index contributed by atoms with van der Waals surface area (Å²) in [4.78, 5) is 3.07. The lowest BCUT2D eigenvalue weighted by Crippen LogP contribution is -2.38. The zero-order valence-corrected chi connectivity index (χ0v) is 5.33. The molecule has 2 N–H and O–H groups in total. The molecule has 0 spiro atoms. The molecule has 0 aliphatic rings. The first-order chi connectivity index (χ1) is 3.42. The molecule has 4 nitrogen and oxygen atoms in total. The van der Waals surface area contributed by atoms with Crippen molar-refractivity contribution in [3.63, 3.8) is 0 Å². The molecule has 0 atom stereocenters. The molecule has 0 bridgehead atoms. The zero-order chi connectivity index (χ0) is 6.78. The summed E-state index contributed by atoms with van der Waals surface area (Å²) in [5, 5.41) is 16.9. The van der Waals surface area contributed by atoms with Gasteiger partial charge in [-0.05, 0) is 13.8 Å². The summed E-state index contributed by atoms with van der Waals surface area (Å²) in [6.07, 6.45) is -0.185. The summed E-state index contributed by atoms with van der Waals surface area (Å²) < 4.78 is 0. The predicted octanol–water partition coefficient (Wildman–Crippen LogP) is 0.551. The highest BCUT2D eigenvalue weighted by Crippen LogP contribution is 1.96. The summed E-state index contributed by atoms with van der Waals surface area (Å²) in [5.41, 5.74) is 0. The van der Waals surface area contributed by atoms with Crippen LogP contribution in [0.5, 0.6) is 0 Å². The van der Waals surface area contributed by atoms with Gasteiger partial charge in [0.15, 0.2) is 7.05 Å². The van der Waals surface area contributed by atoms with Gasteiger partial charge in [-0.1, -0.05) is 0 Å². The van der Waals surface area contributed by atoms with E-state index in [9.17, 15) is 0 Å². The van der Waals surface area contributed by atoms with Gasteiger partial charge in [-0.25, -0.2) is 0 Å². The second kappa shape index (κ2) is 2.41. The smallest absolute Gasteiger partial charge is 0.146 e. The monoisotopic (exact) mass is 122 g/mol. The molecule has 50 valence electrons. The minimum Gasteiger partial charge on any atom is -0.146 e. The van der Waals surface area contributed by atoms with Crippen molar-refractivity contribution in [3.05, 3.63) is 0 Å². The van der Waals surface area contributed by atoms with Gasteiger partial charge < -0.3 is 0 Å². The van der Waals surface area contributed by atoms with Crippen LogP contribution in [-0.2, 0) is 4.84 Å². The van der Waals surface area contributed by atoms with Gasteiger partial charge >= 0.3 is 0 Å². The van der Waals surface area contributed by atoms with E-state index in [-0.39, 0.29) is 6.10 Å². The van der Waals surface area contributed by atoms with E-state index in [1.54, 1.807) is 13.8 Å². The largest absolute Gasteiger partial charge is 0.168 e. The maximum atomic E-state index is 8.46. The standard InChI is InChI=1S/C4H12NO3/c1-4(2)8-5(3,6)7/h4,6-7H,1-3H3/q+1. The molecule has 0 aromatic carbocycles. The van der Waals surface area contributed by atoms with Crippen LogP contribution in [0.2, 0.25) is 0 Å². The minimum absolute atomic E-state index is 0.185. The fourth-order valence-electron chi connectivity index (χ4n) is 0.399. The van der Waals surface area contributed by atoms with Crippen LogP contribution in [0.25, 0.3) is 0 Å². The highest BCUT2D eigenvalue weighted by molar-refractivity contribution is 4.24. The van der Waals surface area contributed by atoms with E-state index >= 15 is 0 Å². The first-order valence-corrected chi connectivity index (χ1v) is 2.42. The second-order valence-corrected chi connectivity index (χ2v) is 1.99. The van der Waals surface area contributed by atoms with Crippen LogP contribution in [0.1, 0.15) is 13.8 Å². The molecular formula is C4H12NO3+. The van der Waals surface area contributed by atoms with E-state index in [2.05, 4.69) is 4.84 Å². The maximum Gasteiger partial charge on any atom is 0.168 e. The molecule has 0 aliphatic heterocycles. The van der Waals surface area contributed by atoms with Crippen LogP contribution in [0.15, 0.2) is 0 Å². The number of rotatable bonds is 2. The molecule has 0 heterocycles. The number of nitrogens with zero attached hydrogens (tertiary/aromatic N) is 1. The van der Waals surface area contributed by atoms with Crippen LogP contribution in [-0.4, -0.2) is 28.5 Å². The SMILES string of the molecule is CC(C)O[N+](C)(O)O. The van der Waals surface area contributed by atoms with Crippen molar-refractivity contribution in [1.29, 1.82) is 0 Å². The lowest BCUT2D eigenvalue weighted by molar-refractivity contribution is -1.36. The van der Waals surface area contributed by atoms with Crippen molar-refractivity contribution >= 4 is 0 Å². The highest BCUT2D eigenvalue weighted by atomic mass is 17.1. The Morgan fingerprint density at radius 2 is 1.75 bits per heavy atom. The first-order valence-electron chi connectivity index (χ1n) is 2.42. The van der Waals surface area contributed by atoms with Gasteiger partial charge in [0.05, 0.1) is 4.97 Å². The third kappa shape index (κ3) is 5.84. The minimum atomic E-state index is -1.42. The van der Waals surface area contributed by atoms with Crippen molar-refractivity contribution in [2.45, 2.75) is 20.0 Å². The molecule has 0 rings (SSSR count). The van der Waals surface area contributed by atoms with Gasteiger partial charge in [0.1, 0.15) is 6.10 Å². The Bertz CT molecular complexity index is 66.2. The Morgan fingerprint density at radius 3 is 1.75 bits per heavy atom. The lowest BCUT2D eigenvalue weighted by atomic mass is 10.5. The average Bonchev–Trinajstić information content (AvgIpc) is 1.21. The molecule has 0 aliphatic carbocycles. The highest BCUT2D eigenvalue weighted by Gasteiger charge is 2.17. The van der Waals surface area contributed by atoms with Gasteiger partial charge in [-0.2, -0.15) is 0 Å². The molecule has 0 amide bonds. The number of hydroxylamine groups is 3. The maximum absolute atomic E-state index is 8.46. The van der Waals surface area contributed by atoms with Crippen LogP contribution < -0.4 is 0 Å². The van der Waals surface area contributed by atoms with Gasteiger partial charge in [0.2, 0.25) is 0 Å². The van der Waals surface area contributed by atoms with Gasteiger partial charge in [0, 0.05) is 0 Å². The van der Waals surface area contributed by atoms with Crippen LogP contribution in [0.3, 0.4) is 0 Å². The molecule has 0 aromatic heterocycles. The Kier molecular flexibility index (Phi) is 2.36. The summed E-state index contributed by atoms with van der Waals surface area (Å²) in [6, 6.07) is 0. The molecule has 0 saturated heterocycles. The van der Waals surface area contributed by atoms with Crippen molar-refractivity contribution in [3.8, 4) is 0 Å². The van der Waals surface area contributed by atoms with E-state index in [1.165, 1.54) is 0 Å². The van der Waals surface area contributed by atoms with Crippen molar-refractivity contribution in [1.82, 2.24) is 0 Å². The molecule has 0 aromatic rings. The Labute approximate surface area is 48.4 Å². The quantitative estimate of drug-likeness (QED) is 0.415. The second-order valence-electron chi connectivity index (χ2n) is 1.99. The molecule has 0 saturated carbocycles. The molecule has 8 heavy (non-hydrogen) atoms. The van der Waals surface area contributed by atoms with Gasteiger partial charge in [-0.3, -0.25) is 0 Å². The summed E-state index contributed by atoms with van der Waals surface area (Å²) >= 11 is 0. The van der Waals surface area contributed by atoms with E-state index in [0.29, 0.717) is 0 Å². The van der Waals surface area contributed by atoms with Crippen LogP contribution in [0.4, 0.5) is 0 Å². The van der Waals surface area contributed by atoms with Crippen LogP contribution in [0, 0.1) is 0 Å². The molecule has 4 heteroatoms. The average molecular weight is 122 g/mol. The van der Waals surface area contributed by atoms with Crippen molar-refractivity contribution < 1.29 is 20.2 Å². The molecule has 0 unspecified atom stereocenters. The Hall–Kier alpha value is -0.160. The molecule has 0 fully saturated rings. The lowest BCUT2D eigenvalue weighted by Gasteiger charge is -2.14. The fourth-order valence-corrected chi connectivity index (χ4v) is 0.399. The molecule has 0 radical (unpaired) electrons. The summed E-state index contributed by atoms with van der Waals surface area (Å²) in [5.74, 6) is 0. The van der Waals surface area contributed by atoms with E-state index in [4.69, 9.17) is 10.4 Å². The normalized spacial score (nSPS) is 12.8. The Morgan fingerprint density at radius 1 is 1.38 bits per heavy atom. The third-order valence-electron chi connectivity index (χ3n) is 0.411. The van der Waals surface area contributed by atoms with E-state index < -0.39 is 4.97 Å². The summed E-state index contributed by atoms with van der Waals surface area (Å²) in [6.45, 7) is 3.42. The number of hydrogen-bond acceptors (Lipinski definition) is 3. The topological polar surface area (TPSA) is 49.7 Å². The van der Waals surface area contributed by atoms with Crippen molar-refractivity contribution in [2.75, 3.05) is 7.05 Å². The van der Waals surface area contributed by atoms with E-state index in [1.807, 2.05) is 0 Å². The predicted molar refractivity (Wildman–Crippen MR) is 26.0 cm³/mol. The zero-order valence-electron chi connectivity index (χ0n) is 5.33. The Balaban J connectivity index is 3.39. The van der Waals surface area contributed by atoms with Gasteiger partial charge in [0.25, 0.3) is 0 Å². The number of hydrogen-bond donors (Lipinski definition) is 2. The van der Waals surface area contributed by atoms with Crippen LogP contribution >= 0.6 is 0 Å². The number of quaternary nitrogens is 1. The third-order valence-corrected chi connectivity index (χ3v) is 0.411. The summed E-state index contributed by atoms with van der Waals surface area (Å²) in [7, 11) is 1.11. The van der Waals surface area contributed by atoms with Crippen molar-refractivity contribution in [2.24, 2.45) is 0 Å². The van der Waals surface area contributed by atoms with Gasteiger partial charge in [-0.15, -0.1) is 15.3 Å².